The first-order chi connectivity index (χ1) is 16.5. The van der Waals surface area contributed by atoms with E-state index in [9.17, 15) is 9.18 Å². The van der Waals surface area contributed by atoms with Crippen molar-refractivity contribution >= 4 is 17.5 Å². The Kier molecular flexibility index (Phi) is 4.91. The quantitative estimate of drug-likeness (QED) is 0.457. The molecule has 2 saturated carbocycles. The number of benzene rings is 2. The Hall–Kier alpha value is -3.65. The highest BCUT2D eigenvalue weighted by Gasteiger charge is 2.63. The van der Waals surface area contributed by atoms with Crippen LogP contribution in [-0.2, 0) is 0 Å². The van der Waals surface area contributed by atoms with Gasteiger partial charge in [0.2, 0.25) is 0 Å². The van der Waals surface area contributed by atoms with Gasteiger partial charge in [-0.3, -0.25) is 9.36 Å². The van der Waals surface area contributed by atoms with Gasteiger partial charge in [0.1, 0.15) is 23.7 Å². The third-order valence-corrected chi connectivity index (χ3v) is 7.16. The fourth-order valence-electron chi connectivity index (χ4n) is 5.00. The maximum atomic E-state index is 13.5. The van der Waals surface area contributed by atoms with E-state index in [0.29, 0.717) is 22.1 Å². The lowest BCUT2D eigenvalue weighted by Crippen LogP contribution is -2.36. The molecule has 6 rings (SSSR count). The minimum absolute atomic E-state index is 0.0556. The van der Waals surface area contributed by atoms with Crippen LogP contribution < -0.4 is 5.32 Å². The Morgan fingerprint density at radius 2 is 1.94 bits per heavy atom. The Morgan fingerprint density at radius 3 is 2.71 bits per heavy atom. The molecule has 0 saturated heterocycles. The zero-order valence-electron chi connectivity index (χ0n) is 18.0. The van der Waals surface area contributed by atoms with Gasteiger partial charge < -0.3 is 5.32 Å². The standard InChI is InChI=1S/C25H20ClFN6O/c26-18-6-1-2-7-20(18)33-22(31-32-23(33)19-8-9-28-14-29-19)16-11-25(12-16)13-21(25)30-24(34)15-4-3-5-17(27)10-15/h1-10,14,16,21H,11-13H2,(H,30,34). The molecule has 170 valence electrons. The number of rotatable bonds is 5. The number of halogens is 2. The molecule has 1 spiro atoms. The van der Waals surface area contributed by atoms with Gasteiger partial charge in [0.15, 0.2) is 5.82 Å². The summed E-state index contributed by atoms with van der Waals surface area (Å²) in [5.41, 5.74) is 1.85. The zero-order chi connectivity index (χ0) is 23.3. The van der Waals surface area contributed by atoms with Crippen LogP contribution in [0.1, 0.15) is 41.4 Å². The molecule has 2 heterocycles. The minimum Gasteiger partial charge on any atom is -0.349 e. The van der Waals surface area contributed by atoms with Crippen LogP contribution in [0.4, 0.5) is 4.39 Å². The molecule has 2 fully saturated rings. The van der Waals surface area contributed by atoms with E-state index in [4.69, 9.17) is 11.6 Å². The van der Waals surface area contributed by atoms with Gasteiger partial charge in [0, 0.05) is 23.7 Å². The minimum atomic E-state index is -0.416. The van der Waals surface area contributed by atoms with Crippen LogP contribution in [0.3, 0.4) is 0 Å². The second kappa shape index (κ2) is 7.99. The van der Waals surface area contributed by atoms with Crippen molar-refractivity contribution < 1.29 is 9.18 Å². The van der Waals surface area contributed by atoms with E-state index in [1.807, 2.05) is 28.8 Å². The number of nitrogens with one attached hydrogen (secondary N) is 1. The molecule has 2 aromatic carbocycles. The van der Waals surface area contributed by atoms with Gasteiger partial charge in [0.05, 0.1) is 10.7 Å². The first-order valence-electron chi connectivity index (χ1n) is 11.1. The summed E-state index contributed by atoms with van der Waals surface area (Å²) in [5, 5.41) is 12.6. The molecular formula is C25H20ClFN6O. The van der Waals surface area contributed by atoms with Crippen molar-refractivity contribution in [1.82, 2.24) is 30.0 Å². The van der Waals surface area contributed by atoms with Crippen LogP contribution in [0.2, 0.25) is 5.02 Å². The second-order valence-electron chi connectivity index (χ2n) is 8.97. The van der Waals surface area contributed by atoms with Crippen molar-refractivity contribution in [3.8, 4) is 17.2 Å². The summed E-state index contributed by atoms with van der Waals surface area (Å²) in [6.07, 6.45) is 5.82. The van der Waals surface area contributed by atoms with Crippen LogP contribution in [-0.4, -0.2) is 36.7 Å². The van der Waals surface area contributed by atoms with Gasteiger partial charge in [-0.05, 0) is 61.1 Å². The Labute approximate surface area is 200 Å². The number of hydrogen-bond acceptors (Lipinski definition) is 5. The zero-order valence-corrected chi connectivity index (χ0v) is 18.8. The summed E-state index contributed by atoms with van der Waals surface area (Å²) >= 11 is 6.55. The van der Waals surface area contributed by atoms with E-state index in [-0.39, 0.29) is 23.3 Å². The highest BCUT2D eigenvalue weighted by atomic mass is 35.5. The average molecular weight is 475 g/mol. The molecule has 34 heavy (non-hydrogen) atoms. The highest BCUT2D eigenvalue weighted by Crippen LogP contribution is 2.66. The summed E-state index contributed by atoms with van der Waals surface area (Å²) in [6.45, 7) is 0. The molecule has 0 radical (unpaired) electrons. The second-order valence-corrected chi connectivity index (χ2v) is 9.38. The van der Waals surface area contributed by atoms with E-state index in [0.717, 1.165) is 30.8 Å². The van der Waals surface area contributed by atoms with Gasteiger partial charge in [-0.1, -0.05) is 29.8 Å². The Balaban J connectivity index is 1.24. The lowest BCUT2D eigenvalue weighted by molar-refractivity contribution is 0.0932. The van der Waals surface area contributed by atoms with Gasteiger partial charge in [-0.15, -0.1) is 10.2 Å². The Morgan fingerprint density at radius 1 is 1.09 bits per heavy atom. The first-order valence-corrected chi connectivity index (χ1v) is 11.4. The SMILES string of the molecule is O=C(NC1CC12CC(c1nnc(-c3ccncn3)n1-c1ccccc1Cl)C2)c1cccc(F)c1. The third-order valence-electron chi connectivity index (χ3n) is 6.85. The topological polar surface area (TPSA) is 85.6 Å². The first kappa shape index (κ1) is 20.9. The lowest BCUT2D eigenvalue weighted by atomic mass is 9.70. The van der Waals surface area contributed by atoms with Crippen molar-refractivity contribution in [2.45, 2.75) is 31.2 Å². The molecular weight excluding hydrogens is 455 g/mol. The van der Waals surface area contributed by atoms with E-state index < -0.39 is 5.82 Å². The largest absolute Gasteiger partial charge is 0.349 e. The van der Waals surface area contributed by atoms with Gasteiger partial charge in [-0.25, -0.2) is 14.4 Å². The monoisotopic (exact) mass is 474 g/mol. The molecule has 7 nitrogen and oxygen atoms in total. The molecule has 2 aliphatic rings. The molecule has 1 atom stereocenters. The summed E-state index contributed by atoms with van der Waals surface area (Å²) in [6, 6.07) is 15.2. The van der Waals surface area contributed by atoms with Crippen LogP contribution in [0.5, 0.6) is 0 Å². The smallest absolute Gasteiger partial charge is 0.251 e. The van der Waals surface area contributed by atoms with Crippen LogP contribution >= 0.6 is 11.6 Å². The van der Waals surface area contributed by atoms with Crippen LogP contribution in [0.25, 0.3) is 17.2 Å². The fraction of sp³-hybridized carbons (Fsp3) is 0.240. The van der Waals surface area contributed by atoms with Gasteiger partial charge in [0.25, 0.3) is 5.91 Å². The number of carbonyl (C=O) groups is 1. The number of carbonyl (C=O) groups excluding carboxylic acids is 1. The summed E-state index contributed by atoms with van der Waals surface area (Å²) in [5.74, 6) is 0.957. The van der Waals surface area contributed by atoms with E-state index in [1.54, 1.807) is 24.4 Å². The summed E-state index contributed by atoms with van der Waals surface area (Å²) in [4.78, 5) is 20.9. The van der Waals surface area contributed by atoms with Crippen LogP contribution in [0.15, 0.2) is 67.1 Å². The number of aromatic nitrogens is 5. The highest BCUT2D eigenvalue weighted by molar-refractivity contribution is 6.32. The molecule has 1 N–H and O–H groups in total. The fourth-order valence-corrected chi connectivity index (χ4v) is 5.22. The predicted molar refractivity (Wildman–Crippen MR) is 124 cm³/mol. The Bertz CT molecular complexity index is 1390. The molecule has 4 aromatic rings. The number of nitrogens with zero attached hydrogens (tertiary/aromatic N) is 5. The van der Waals surface area contributed by atoms with Crippen molar-refractivity contribution in [2.24, 2.45) is 5.41 Å². The normalized spacial score (nSPS) is 22.9. The summed E-state index contributed by atoms with van der Waals surface area (Å²) < 4.78 is 15.4. The number of hydrogen-bond donors (Lipinski definition) is 1. The van der Waals surface area contributed by atoms with Gasteiger partial charge >= 0.3 is 0 Å². The van der Waals surface area contributed by atoms with E-state index >= 15 is 0 Å². The molecule has 1 unspecified atom stereocenters. The number of amides is 1. The van der Waals surface area contributed by atoms with Crippen molar-refractivity contribution in [1.29, 1.82) is 0 Å². The van der Waals surface area contributed by atoms with E-state index in [1.165, 1.54) is 18.5 Å². The maximum Gasteiger partial charge on any atom is 0.251 e. The van der Waals surface area contributed by atoms with Crippen molar-refractivity contribution in [3.05, 3.63) is 89.3 Å². The molecule has 2 aromatic heterocycles. The van der Waals surface area contributed by atoms with Crippen LogP contribution in [0, 0.1) is 11.2 Å². The molecule has 1 amide bonds. The van der Waals surface area contributed by atoms with Crippen molar-refractivity contribution in [2.75, 3.05) is 0 Å². The molecule has 0 aliphatic heterocycles. The van der Waals surface area contributed by atoms with Crippen molar-refractivity contribution in [3.63, 3.8) is 0 Å². The molecule has 0 bridgehead atoms. The third kappa shape index (κ3) is 3.54. The lowest BCUT2D eigenvalue weighted by Gasteiger charge is -2.36. The molecule has 9 heteroatoms. The summed E-state index contributed by atoms with van der Waals surface area (Å²) in [7, 11) is 0. The van der Waals surface area contributed by atoms with Gasteiger partial charge in [-0.2, -0.15) is 0 Å². The van der Waals surface area contributed by atoms with E-state index in [2.05, 4.69) is 25.5 Å². The predicted octanol–water partition coefficient (Wildman–Crippen LogP) is 4.58. The average Bonchev–Trinajstić information content (AvgIpc) is 3.37. The number of para-hydroxylation sites is 1. The maximum absolute atomic E-state index is 13.5. The molecule has 2 aliphatic carbocycles.